The van der Waals surface area contributed by atoms with Crippen molar-refractivity contribution in [2.45, 2.75) is 89.6 Å². The fourth-order valence-electron chi connectivity index (χ4n) is 9.96. The van der Waals surface area contributed by atoms with Gasteiger partial charge >= 0.3 is 5.97 Å². The van der Waals surface area contributed by atoms with E-state index in [1.807, 2.05) is 19.9 Å². The van der Waals surface area contributed by atoms with Crippen molar-refractivity contribution in [2.75, 3.05) is 0 Å². The molecule has 0 aromatic carbocycles. The van der Waals surface area contributed by atoms with Crippen molar-refractivity contribution in [3.05, 3.63) is 34.4 Å². The largest absolute Gasteiger partial charge is 0.439 e. The number of aliphatic hydroxyl groups is 1. The number of esters is 1. The van der Waals surface area contributed by atoms with E-state index in [4.69, 9.17) is 9.47 Å². The molecule has 0 bridgehead atoms. The standard InChI is InChI=1S/C28H32O6/c1-13-15(3)28(34-23(13)31)22(30)14(2)17-8-9-18-16-11-21-26(33-21)10-6-7-20(29)25(26,5)19(16)12-27(28,32)24(17,18)4/h6-7,16,18-19,21,32H,8-12H2,1-5H3/t16-,18-,19-,21+,24+,25-,26+,27+,28-/m0/s1. The molecule has 0 aromatic heterocycles. The molecule has 2 heterocycles. The van der Waals surface area contributed by atoms with E-state index in [1.165, 1.54) is 0 Å². The average Bonchev–Trinajstić information content (AvgIpc) is 3.30. The highest BCUT2D eigenvalue weighted by Crippen LogP contribution is 2.77. The highest BCUT2D eigenvalue weighted by molar-refractivity contribution is 6.12. The molecule has 3 saturated carbocycles. The van der Waals surface area contributed by atoms with Crippen molar-refractivity contribution in [1.82, 2.24) is 0 Å². The van der Waals surface area contributed by atoms with Crippen molar-refractivity contribution in [1.29, 1.82) is 0 Å². The van der Waals surface area contributed by atoms with E-state index in [1.54, 1.807) is 19.9 Å². The second kappa shape index (κ2) is 5.67. The predicted molar refractivity (Wildman–Crippen MR) is 121 cm³/mol. The van der Waals surface area contributed by atoms with Crippen LogP contribution < -0.4 is 0 Å². The quantitative estimate of drug-likeness (QED) is 0.436. The van der Waals surface area contributed by atoms with E-state index in [9.17, 15) is 19.5 Å². The van der Waals surface area contributed by atoms with Crippen LogP contribution in [0.4, 0.5) is 0 Å². The number of hydrogen-bond acceptors (Lipinski definition) is 6. The summed E-state index contributed by atoms with van der Waals surface area (Å²) in [6, 6.07) is 0. The molecule has 6 nitrogen and oxygen atoms in total. The van der Waals surface area contributed by atoms with Gasteiger partial charge in [0.25, 0.3) is 0 Å². The zero-order valence-corrected chi connectivity index (χ0v) is 20.5. The van der Waals surface area contributed by atoms with Gasteiger partial charge in [-0.2, -0.15) is 0 Å². The first kappa shape index (κ1) is 21.3. The third-order valence-corrected chi connectivity index (χ3v) is 11.9. The molecule has 5 aliphatic carbocycles. The SMILES string of the molecule is CC1=C(C)[C@]2(OC1=O)C(=O)C(C)=C1CC[C@H]3[C@@H]4C[C@H]5O[C@]56CC=CC(=O)[C@]6(C)[C@H]4C[C@@]2(O)[C@]13C. The minimum absolute atomic E-state index is 0.0520. The molecule has 0 radical (unpaired) electrons. The summed E-state index contributed by atoms with van der Waals surface area (Å²) in [7, 11) is 0. The number of allylic oxidation sites excluding steroid dienone is 1. The van der Waals surface area contributed by atoms with Gasteiger partial charge < -0.3 is 14.6 Å². The van der Waals surface area contributed by atoms with Crippen LogP contribution in [0.25, 0.3) is 0 Å². The Morgan fingerprint density at radius 1 is 1.03 bits per heavy atom. The first-order valence-corrected chi connectivity index (χ1v) is 12.7. The molecule has 7 aliphatic rings. The van der Waals surface area contributed by atoms with E-state index in [-0.39, 0.29) is 41.8 Å². The topological polar surface area (TPSA) is 93.2 Å². The lowest BCUT2D eigenvalue weighted by Crippen LogP contribution is -2.76. The zero-order valence-electron chi connectivity index (χ0n) is 20.5. The minimum atomic E-state index is -1.73. The molecule has 4 fully saturated rings. The molecular formula is C28H32O6. The van der Waals surface area contributed by atoms with Crippen LogP contribution in [-0.2, 0) is 23.9 Å². The van der Waals surface area contributed by atoms with Gasteiger partial charge in [0, 0.05) is 11.0 Å². The fourth-order valence-corrected chi connectivity index (χ4v) is 9.96. The molecule has 34 heavy (non-hydrogen) atoms. The summed E-state index contributed by atoms with van der Waals surface area (Å²) in [6.07, 6.45) is 7.07. The molecule has 9 atom stereocenters. The van der Waals surface area contributed by atoms with Gasteiger partial charge in [-0.15, -0.1) is 0 Å². The highest BCUT2D eigenvalue weighted by atomic mass is 16.6. The maximum Gasteiger partial charge on any atom is 0.335 e. The molecule has 1 N–H and O–H groups in total. The summed E-state index contributed by atoms with van der Waals surface area (Å²) in [6.45, 7) is 9.37. The Labute approximate surface area is 199 Å². The van der Waals surface area contributed by atoms with Crippen LogP contribution in [-0.4, -0.2) is 45.5 Å². The van der Waals surface area contributed by atoms with Crippen molar-refractivity contribution < 1.29 is 29.0 Å². The molecule has 0 amide bonds. The number of fused-ring (bicyclic) bond motifs is 4. The number of carbonyl (C=O) groups is 3. The summed E-state index contributed by atoms with van der Waals surface area (Å²) in [5.74, 6) is -0.668. The van der Waals surface area contributed by atoms with Crippen LogP contribution in [0.3, 0.4) is 0 Å². The monoisotopic (exact) mass is 464 g/mol. The Hall–Kier alpha value is -2.05. The first-order valence-electron chi connectivity index (χ1n) is 12.7. The molecule has 1 saturated heterocycles. The number of hydrogen-bond donors (Lipinski definition) is 1. The molecule has 6 heteroatoms. The second-order valence-corrected chi connectivity index (χ2v) is 12.3. The van der Waals surface area contributed by atoms with Crippen molar-refractivity contribution >= 4 is 17.5 Å². The van der Waals surface area contributed by atoms with Gasteiger partial charge in [0.2, 0.25) is 11.4 Å². The van der Waals surface area contributed by atoms with Gasteiger partial charge in [-0.1, -0.05) is 18.6 Å². The Kier molecular flexibility index (Phi) is 3.55. The second-order valence-electron chi connectivity index (χ2n) is 12.3. The smallest absolute Gasteiger partial charge is 0.335 e. The highest BCUT2D eigenvalue weighted by Gasteiger charge is 2.84. The lowest BCUT2D eigenvalue weighted by atomic mass is 9.38. The maximum absolute atomic E-state index is 14.1. The summed E-state index contributed by atoms with van der Waals surface area (Å²) < 4.78 is 12.3. The first-order chi connectivity index (χ1) is 15.9. The molecular weight excluding hydrogens is 432 g/mol. The number of rotatable bonds is 0. The lowest BCUT2D eigenvalue weighted by molar-refractivity contribution is -0.249. The zero-order chi connectivity index (χ0) is 24.2. The van der Waals surface area contributed by atoms with Crippen LogP contribution in [0, 0.1) is 28.6 Å². The van der Waals surface area contributed by atoms with Crippen molar-refractivity contribution in [2.24, 2.45) is 28.6 Å². The third-order valence-electron chi connectivity index (χ3n) is 11.9. The number of ketones is 2. The van der Waals surface area contributed by atoms with Crippen LogP contribution in [0.1, 0.15) is 66.7 Å². The van der Waals surface area contributed by atoms with Gasteiger partial charge in [-0.05, 0) is 94.8 Å². The Morgan fingerprint density at radius 2 is 1.76 bits per heavy atom. The minimum Gasteiger partial charge on any atom is -0.439 e. The van der Waals surface area contributed by atoms with Gasteiger partial charge in [0.15, 0.2) is 5.78 Å². The van der Waals surface area contributed by atoms with Gasteiger partial charge in [0.1, 0.15) is 11.2 Å². The van der Waals surface area contributed by atoms with Crippen LogP contribution in [0.2, 0.25) is 0 Å². The third kappa shape index (κ3) is 1.74. The Balaban J connectivity index is 1.50. The van der Waals surface area contributed by atoms with Crippen molar-refractivity contribution in [3.8, 4) is 0 Å². The molecule has 2 spiro atoms. The lowest BCUT2D eigenvalue weighted by Gasteiger charge is -2.66. The van der Waals surface area contributed by atoms with Crippen LogP contribution in [0.15, 0.2) is 34.4 Å². The van der Waals surface area contributed by atoms with Crippen LogP contribution >= 0.6 is 0 Å². The molecule has 0 unspecified atom stereocenters. The molecule has 0 aromatic rings. The van der Waals surface area contributed by atoms with E-state index in [2.05, 4.69) is 6.92 Å². The van der Waals surface area contributed by atoms with E-state index in [0.29, 0.717) is 23.1 Å². The molecule has 180 valence electrons. The number of epoxide rings is 1. The Bertz CT molecular complexity index is 1220. The molecule has 2 aliphatic heterocycles. The summed E-state index contributed by atoms with van der Waals surface area (Å²) in [5.41, 5.74) is -2.81. The molecule has 7 rings (SSSR count). The fraction of sp³-hybridized carbons (Fsp3) is 0.679. The van der Waals surface area contributed by atoms with E-state index < -0.39 is 33.6 Å². The van der Waals surface area contributed by atoms with Crippen molar-refractivity contribution in [3.63, 3.8) is 0 Å². The summed E-state index contributed by atoms with van der Waals surface area (Å²) >= 11 is 0. The normalized spacial score (nSPS) is 54.7. The maximum atomic E-state index is 14.1. The van der Waals surface area contributed by atoms with E-state index >= 15 is 0 Å². The number of ether oxygens (including phenoxy) is 2. The summed E-state index contributed by atoms with van der Waals surface area (Å²) in [4.78, 5) is 40.5. The number of Topliss-reactive ketones (excluding diaryl/α,β-unsaturated/α-hetero) is 1. The van der Waals surface area contributed by atoms with Gasteiger partial charge in [-0.25, -0.2) is 4.79 Å². The van der Waals surface area contributed by atoms with Crippen LogP contribution in [0.5, 0.6) is 0 Å². The van der Waals surface area contributed by atoms with E-state index in [0.717, 1.165) is 24.8 Å². The van der Waals surface area contributed by atoms with Gasteiger partial charge in [-0.3, -0.25) is 9.59 Å². The predicted octanol–water partition coefficient (Wildman–Crippen LogP) is 3.38. The Morgan fingerprint density at radius 3 is 2.44 bits per heavy atom. The number of carbonyl (C=O) groups excluding carboxylic acids is 3. The average molecular weight is 465 g/mol. The van der Waals surface area contributed by atoms with Gasteiger partial charge in [0.05, 0.1) is 11.5 Å². The summed E-state index contributed by atoms with van der Waals surface area (Å²) in [5, 5.41) is 13.0.